The molecule has 2 rings (SSSR count). The van der Waals surface area contributed by atoms with Crippen LogP contribution in [0.4, 0.5) is 0 Å². The van der Waals surface area contributed by atoms with Crippen molar-refractivity contribution in [2.45, 2.75) is 38.0 Å². The van der Waals surface area contributed by atoms with Gasteiger partial charge in [-0.05, 0) is 26.8 Å². The van der Waals surface area contributed by atoms with Crippen LogP contribution in [0.3, 0.4) is 0 Å². The summed E-state index contributed by atoms with van der Waals surface area (Å²) in [7, 11) is 1.92. The van der Waals surface area contributed by atoms with Gasteiger partial charge >= 0.3 is 0 Å². The molecular formula is C12H23N3O2. The molecule has 2 unspecified atom stereocenters. The van der Waals surface area contributed by atoms with Crippen LogP contribution in [0.5, 0.6) is 0 Å². The topological polar surface area (TPSA) is 53.6 Å². The normalized spacial score (nSPS) is 27.8. The van der Waals surface area contributed by atoms with Gasteiger partial charge in [-0.15, -0.1) is 0 Å². The summed E-state index contributed by atoms with van der Waals surface area (Å²) in [5, 5.41) is 6.18. The highest BCUT2D eigenvalue weighted by Gasteiger charge is 2.30. The van der Waals surface area contributed by atoms with Gasteiger partial charge in [0.1, 0.15) is 0 Å². The van der Waals surface area contributed by atoms with Crippen molar-refractivity contribution in [2.75, 3.05) is 33.3 Å². The largest absolute Gasteiger partial charge is 0.374 e. The monoisotopic (exact) mass is 241 g/mol. The van der Waals surface area contributed by atoms with Crippen molar-refractivity contribution < 1.29 is 9.53 Å². The number of nitrogens with zero attached hydrogens (tertiary/aromatic N) is 1. The highest BCUT2D eigenvalue weighted by atomic mass is 16.5. The number of likely N-dealkylation sites (N-methyl/N-ethyl adjacent to an activating group) is 1. The van der Waals surface area contributed by atoms with Gasteiger partial charge in [0.25, 0.3) is 0 Å². The number of carbonyl (C=O) groups excluding carboxylic acids is 1. The van der Waals surface area contributed by atoms with Crippen LogP contribution < -0.4 is 10.6 Å². The van der Waals surface area contributed by atoms with Crippen molar-refractivity contribution in [1.29, 1.82) is 0 Å². The molecule has 1 saturated carbocycles. The van der Waals surface area contributed by atoms with Crippen molar-refractivity contribution in [3.63, 3.8) is 0 Å². The molecule has 1 saturated heterocycles. The third-order valence-corrected chi connectivity index (χ3v) is 3.45. The second-order valence-electron chi connectivity index (χ2n) is 5.00. The zero-order valence-corrected chi connectivity index (χ0v) is 10.7. The van der Waals surface area contributed by atoms with Crippen LogP contribution in [0.2, 0.25) is 0 Å². The summed E-state index contributed by atoms with van der Waals surface area (Å²) >= 11 is 0. The molecule has 17 heavy (non-hydrogen) atoms. The Morgan fingerprint density at radius 3 is 2.94 bits per heavy atom. The number of morpholine rings is 1. The summed E-state index contributed by atoms with van der Waals surface area (Å²) < 4.78 is 5.64. The fourth-order valence-corrected chi connectivity index (χ4v) is 2.16. The van der Waals surface area contributed by atoms with E-state index in [1.54, 1.807) is 0 Å². The summed E-state index contributed by atoms with van der Waals surface area (Å²) in [5.74, 6) is 0.164. The highest BCUT2D eigenvalue weighted by molar-refractivity contribution is 5.81. The van der Waals surface area contributed by atoms with E-state index >= 15 is 0 Å². The zero-order chi connectivity index (χ0) is 12.3. The summed E-state index contributed by atoms with van der Waals surface area (Å²) in [5.41, 5.74) is 0. The first kappa shape index (κ1) is 12.8. The van der Waals surface area contributed by atoms with Crippen LogP contribution in [0.25, 0.3) is 0 Å². The molecule has 1 aliphatic heterocycles. The molecule has 98 valence electrons. The lowest BCUT2D eigenvalue weighted by Crippen LogP contribution is -2.54. The minimum absolute atomic E-state index is 0.0427. The Labute approximate surface area is 103 Å². The van der Waals surface area contributed by atoms with Gasteiger partial charge in [0, 0.05) is 25.7 Å². The van der Waals surface area contributed by atoms with Crippen LogP contribution in [0, 0.1) is 0 Å². The standard InChI is InChI=1S/C12H23N3O2/c1-9(12(16)14-10-3-4-10)15-5-6-17-11(8-15)7-13-2/h9-11,13H,3-8H2,1-2H3,(H,14,16). The van der Waals surface area contributed by atoms with Crippen LogP contribution in [-0.4, -0.2) is 62.3 Å². The molecule has 5 nitrogen and oxygen atoms in total. The Morgan fingerprint density at radius 2 is 2.29 bits per heavy atom. The molecule has 0 radical (unpaired) electrons. The molecule has 5 heteroatoms. The summed E-state index contributed by atoms with van der Waals surface area (Å²) in [6.45, 7) is 5.22. The fourth-order valence-electron chi connectivity index (χ4n) is 2.16. The molecule has 0 aromatic heterocycles. The van der Waals surface area contributed by atoms with Crippen molar-refractivity contribution in [3.05, 3.63) is 0 Å². The molecule has 0 aromatic rings. The number of carbonyl (C=O) groups is 1. The van der Waals surface area contributed by atoms with E-state index in [-0.39, 0.29) is 18.1 Å². The molecule has 0 bridgehead atoms. The average molecular weight is 241 g/mol. The quantitative estimate of drug-likeness (QED) is 0.686. The van der Waals surface area contributed by atoms with Gasteiger partial charge in [0.2, 0.25) is 5.91 Å². The van der Waals surface area contributed by atoms with Gasteiger partial charge in [0.05, 0.1) is 18.8 Å². The van der Waals surface area contributed by atoms with E-state index in [4.69, 9.17) is 4.74 Å². The lowest BCUT2D eigenvalue weighted by atomic mass is 10.2. The number of ether oxygens (including phenoxy) is 1. The van der Waals surface area contributed by atoms with E-state index in [2.05, 4.69) is 15.5 Å². The van der Waals surface area contributed by atoms with Gasteiger partial charge in [-0.2, -0.15) is 0 Å². The van der Waals surface area contributed by atoms with E-state index in [9.17, 15) is 4.79 Å². The average Bonchev–Trinajstić information content (AvgIpc) is 3.13. The zero-order valence-electron chi connectivity index (χ0n) is 10.7. The third kappa shape index (κ3) is 3.66. The van der Waals surface area contributed by atoms with Crippen LogP contribution in [-0.2, 0) is 9.53 Å². The SMILES string of the molecule is CNCC1CN(C(C)C(=O)NC2CC2)CCO1. The Hall–Kier alpha value is -0.650. The van der Waals surface area contributed by atoms with Crippen molar-refractivity contribution in [3.8, 4) is 0 Å². The Bertz CT molecular complexity index is 266. The van der Waals surface area contributed by atoms with Gasteiger partial charge in [-0.3, -0.25) is 9.69 Å². The van der Waals surface area contributed by atoms with Crippen molar-refractivity contribution in [2.24, 2.45) is 0 Å². The minimum Gasteiger partial charge on any atom is -0.374 e. The maximum absolute atomic E-state index is 11.9. The summed E-state index contributed by atoms with van der Waals surface area (Å²) in [4.78, 5) is 14.2. The Balaban J connectivity index is 1.80. The molecule has 1 amide bonds. The summed E-state index contributed by atoms with van der Waals surface area (Å²) in [6, 6.07) is 0.401. The molecule has 2 N–H and O–H groups in total. The van der Waals surface area contributed by atoms with Crippen LogP contribution in [0.15, 0.2) is 0 Å². The summed E-state index contributed by atoms with van der Waals surface area (Å²) in [6.07, 6.45) is 2.48. The van der Waals surface area contributed by atoms with Gasteiger partial charge < -0.3 is 15.4 Å². The van der Waals surface area contributed by atoms with Gasteiger partial charge in [-0.1, -0.05) is 0 Å². The molecule has 0 spiro atoms. The smallest absolute Gasteiger partial charge is 0.237 e. The maximum Gasteiger partial charge on any atom is 0.237 e. The molecule has 2 aliphatic rings. The molecule has 1 heterocycles. The number of hydrogen-bond acceptors (Lipinski definition) is 4. The van der Waals surface area contributed by atoms with Gasteiger partial charge in [0.15, 0.2) is 0 Å². The fraction of sp³-hybridized carbons (Fsp3) is 0.917. The van der Waals surface area contributed by atoms with Crippen LogP contribution in [0.1, 0.15) is 19.8 Å². The Kier molecular flexibility index (Phi) is 4.36. The Morgan fingerprint density at radius 1 is 1.53 bits per heavy atom. The first-order chi connectivity index (χ1) is 8.20. The van der Waals surface area contributed by atoms with Gasteiger partial charge in [-0.25, -0.2) is 0 Å². The third-order valence-electron chi connectivity index (χ3n) is 3.45. The van der Waals surface area contributed by atoms with E-state index in [0.29, 0.717) is 12.6 Å². The molecule has 0 aromatic carbocycles. The van der Waals surface area contributed by atoms with E-state index in [0.717, 1.165) is 32.5 Å². The molecular weight excluding hydrogens is 218 g/mol. The van der Waals surface area contributed by atoms with E-state index in [1.807, 2.05) is 14.0 Å². The number of hydrogen-bond donors (Lipinski definition) is 2. The number of nitrogens with one attached hydrogen (secondary N) is 2. The number of amides is 1. The molecule has 2 atom stereocenters. The number of rotatable bonds is 5. The minimum atomic E-state index is -0.0427. The molecule has 2 fully saturated rings. The first-order valence-electron chi connectivity index (χ1n) is 6.51. The second-order valence-corrected chi connectivity index (χ2v) is 5.00. The first-order valence-corrected chi connectivity index (χ1v) is 6.51. The maximum atomic E-state index is 11.9. The highest BCUT2D eigenvalue weighted by Crippen LogP contribution is 2.19. The lowest BCUT2D eigenvalue weighted by Gasteiger charge is -2.36. The molecule has 1 aliphatic carbocycles. The lowest BCUT2D eigenvalue weighted by molar-refractivity contribution is -0.129. The predicted molar refractivity (Wildman–Crippen MR) is 65.9 cm³/mol. The van der Waals surface area contributed by atoms with E-state index in [1.165, 1.54) is 0 Å². The van der Waals surface area contributed by atoms with Crippen LogP contribution >= 0.6 is 0 Å². The van der Waals surface area contributed by atoms with Crippen molar-refractivity contribution in [1.82, 2.24) is 15.5 Å². The van der Waals surface area contributed by atoms with Crippen molar-refractivity contribution >= 4 is 5.91 Å². The predicted octanol–water partition coefficient (Wildman–Crippen LogP) is -0.426. The second kappa shape index (κ2) is 5.80. The van der Waals surface area contributed by atoms with E-state index < -0.39 is 0 Å².